The zero-order chi connectivity index (χ0) is 15.1. The van der Waals surface area contributed by atoms with Gasteiger partial charge in [-0.25, -0.2) is 0 Å². The van der Waals surface area contributed by atoms with Crippen molar-refractivity contribution in [3.8, 4) is 12.1 Å². The molecule has 0 atom stereocenters. The highest BCUT2D eigenvalue weighted by Crippen LogP contribution is 2.39. The highest BCUT2D eigenvalue weighted by molar-refractivity contribution is 7.25. The molecule has 100 valence electrons. The maximum atomic E-state index is 11.0. The van der Waals surface area contributed by atoms with Gasteiger partial charge in [0.05, 0.1) is 15.5 Å². The predicted molar refractivity (Wildman–Crippen MR) is 80.4 cm³/mol. The van der Waals surface area contributed by atoms with E-state index in [2.05, 4.69) is 0 Å². The van der Waals surface area contributed by atoms with Crippen LogP contribution >= 0.6 is 22.9 Å². The van der Waals surface area contributed by atoms with Gasteiger partial charge in [-0.15, -0.1) is 11.3 Å². The van der Waals surface area contributed by atoms with Crippen LogP contribution in [-0.2, 0) is 0 Å². The summed E-state index contributed by atoms with van der Waals surface area (Å²) < 4.78 is 1.50. The van der Waals surface area contributed by atoms with E-state index in [1.54, 1.807) is 12.1 Å². The second-order valence-electron chi connectivity index (χ2n) is 4.28. The Bertz CT molecular complexity index is 1010. The monoisotopic (exact) mass is 313 g/mol. The molecule has 0 aliphatic carbocycles. The van der Waals surface area contributed by atoms with Gasteiger partial charge in [-0.3, -0.25) is 10.1 Å². The highest BCUT2D eigenvalue weighted by atomic mass is 35.5. The highest BCUT2D eigenvalue weighted by Gasteiger charge is 2.18. The van der Waals surface area contributed by atoms with Crippen molar-refractivity contribution in [3.05, 3.63) is 50.5 Å². The van der Waals surface area contributed by atoms with E-state index in [4.69, 9.17) is 22.1 Å². The summed E-state index contributed by atoms with van der Waals surface area (Å²) in [5.41, 5.74) is 0.115. The predicted octanol–water partition coefficient (Wildman–Crippen LogP) is 4.36. The topological polar surface area (TPSA) is 90.7 Å². The van der Waals surface area contributed by atoms with E-state index in [9.17, 15) is 10.1 Å². The zero-order valence-electron chi connectivity index (χ0n) is 10.3. The molecule has 21 heavy (non-hydrogen) atoms. The van der Waals surface area contributed by atoms with Crippen LogP contribution in [-0.4, -0.2) is 4.92 Å². The van der Waals surface area contributed by atoms with Gasteiger partial charge in [0.2, 0.25) is 0 Å². The lowest BCUT2D eigenvalue weighted by Gasteiger charge is -1.97. The minimum Gasteiger partial charge on any atom is -0.258 e. The molecular weight excluding hydrogens is 310 g/mol. The van der Waals surface area contributed by atoms with Crippen molar-refractivity contribution >= 4 is 48.8 Å². The Hall–Kier alpha value is -2.67. The first-order valence-electron chi connectivity index (χ1n) is 5.69. The Morgan fingerprint density at radius 1 is 1.05 bits per heavy atom. The largest absolute Gasteiger partial charge is 0.288 e. The number of nitro groups is 1. The van der Waals surface area contributed by atoms with Crippen molar-refractivity contribution < 1.29 is 4.92 Å². The van der Waals surface area contributed by atoms with Crippen molar-refractivity contribution in [2.24, 2.45) is 0 Å². The summed E-state index contributed by atoms with van der Waals surface area (Å²) in [6.07, 6.45) is 0. The standard InChI is InChI=1S/C14H4ClN3O2S/c15-11-3-13-9(1-7(11)5-16)10-2-8(6-17)12(18(19)20)4-14(10)21-13/h1-4H. The second-order valence-corrected chi connectivity index (χ2v) is 5.77. The third-order valence-corrected chi connectivity index (χ3v) is 4.54. The van der Waals surface area contributed by atoms with Crippen molar-refractivity contribution in [2.45, 2.75) is 0 Å². The molecule has 0 fully saturated rings. The number of nitriles is 2. The minimum atomic E-state index is -0.573. The molecule has 0 bridgehead atoms. The molecule has 0 spiro atoms. The molecule has 5 nitrogen and oxygen atoms in total. The molecule has 1 heterocycles. The summed E-state index contributed by atoms with van der Waals surface area (Å²) in [6, 6.07) is 10.0. The van der Waals surface area contributed by atoms with Crippen molar-refractivity contribution in [1.29, 1.82) is 10.5 Å². The van der Waals surface area contributed by atoms with Gasteiger partial charge < -0.3 is 0 Å². The van der Waals surface area contributed by atoms with Gasteiger partial charge in [0.15, 0.2) is 0 Å². The number of nitro benzene ring substituents is 1. The van der Waals surface area contributed by atoms with E-state index < -0.39 is 4.92 Å². The molecule has 0 aliphatic rings. The van der Waals surface area contributed by atoms with Gasteiger partial charge in [0.1, 0.15) is 17.7 Å². The van der Waals surface area contributed by atoms with Crippen LogP contribution in [0.25, 0.3) is 20.2 Å². The maximum Gasteiger partial charge on any atom is 0.288 e. The van der Waals surface area contributed by atoms with Crippen LogP contribution in [0.3, 0.4) is 0 Å². The normalized spacial score (nSPS) is 10.4. The first-order chi connectivity index (χ1) is 10.0. The number of halogens is 1. The van der Waals surface area contributed by atoms with Crippen LogP contribution in [0.2, 0.25) is 5.02 Å². The summed E-state index contributed by atoms with van der Waals surface area (Å²) >= 11 is 7.33. The van der Waals surface area contributed by atoms with Crippen molar-refractivity contribution in [1.82, 2.24) is 0 Å². The third-order valence-electron chi connectivity index (χ3n) is 3.11. The summed E-state index contributed by atoms with van der Waals surface area (Å²) in [4.78, 5) is 10.4. The number of hydrogen-bond donors (Lipinski definition) is 0. The number of hydrogen-bond acceptors (Lipinski definition) is 5. The summed E-state index contributed by atoms with van der Waals surface area (Å²) in [5.74, 6) is 0. The van der Waals surface area contributed by atoms with Crippen LogP contribution in [0.15, 0.2) is 24.3 Å². The average molecular weight is 314 g/mol. The van der Waals surface area contributed by atoms with E-state index >= 15 is 0 Å². The van der Waals surface area contributed by atoms with Crippen LogP contribution in [0.5, 0.6) is 0 Å². The molecule has 0 saturated heterocycles. The van der Waals surface area contributed by atoms with Crippen LogP contribution in [0.4, 0.5) is 5.69 Å². The Balaban J connectivity index is 2.47. The maximum absolute atomic E-state index is 11.0. The molecule has 3 aromatic rings. The second kappa shape index (κ2) is 4.71. The van der Waals surface area contributed by atoms with Crippen LogP contribution in [0.1, 0.15) is 11.1 Å². The molecule has 3 rings (SSSR count). The van der Waals surface area contributed by atoms with Crippen molar-refractivity contribution in [3.63, 3.8) is 0 Å². The Morgan fingerprint density at radius 3 is 2.19 bits per heavy atom. The van der Waals surface area contributed by atoms with Gasteiger partial charge in [-0.2, -0.15) is 10.5 Å². The lowest BCUT2D eigenvalue weighted by atomic mass is 10.1. The Morgan fingerprint density at radius 2 is 1.62 bits per heavy atom. The summed E-state index contributed by atoms with van der Waals surface area (Å²) in [6.45, 7) is 0. The fourth-order valence-corrected chi connectivity index (χ4v) is 3.57. The van der Waals surface area contributed by atoms with Gasteiger partial charge in [-0.05, 0) is 18.2 Å². The third kappa shape index (κ3) is 1.98. The number of rotatable bonds is 1. The molecule has 0 radical (unpaired) electrons. The summed E-state index contributed by atoms with van der Waals surface area (Å²) in [5, 5.41) is 30.9. The molecule has 0 aliphatic heterocycles. The molecule has 7 heteroatoms. The minimum absolute atomic E-state index is 0.000609. The SMILES string of the molecule is N#Cc1cc2c(cc1Cl)sc1cc([N+](=O)[O-])c(C#N)cc12. The average Bonchev–Trinajstić information content (AvgIpc) is 2.80. The lowest BCUT2D eigenvalue weighted by molar-refractivity contribution is -0.385. The first-order valence-corrected chi connectivity index (χ1v) is 6.89. The fraction of sp³-hybridized carbons (Fsp3) is 0. The van der Waals surface area contributed by atoms with Crippen molar-refractivity contribution in [2.75, 3.05) is 0 Å². The zero-order valence-corrected chi connectivity index (χ0v) is 11.8. The van der Waals surface area contributed by atoms with Crippen LogP contribution in [0, 0.1) is 32.8 Å². The Labute approximate surface area is 127 Å². The quantitative estimate of drug-likeness (QED) is 0.493. The number of nitrogens with zero attached hydrogens (tertiary/aromatic N) is 3. The van der Waals surface area contributed by atoms with E-state index in [-0.39, 0.29) is 11.3 Å². The van der Waals surface area contributed by atoms with Gasteiger partial charge >= 0.3 is 0 Å². The summed E-state index contributed by atoms with van der Waals surface area (Å²) in [7, 11) is 0. The lowest BCUT2D eigenvalue weighted by Crippen LogP contribution is -1.91. The van der Waals surface area contributed by atoms with Gasteiger partial charge in [0.25, 0.3) is 5.69 Å². The fourth-order valence-electron chi connectivity index (χ4n) is 2.16. The van der Waals surface area contributed by atoms with Crippen LogP contribution < -0.4 is 0 Å². The Kier molecular flexibility index (Phi) is 2.99. The molecule has 0 N–H and O–H groups in total. The van der Waals surface area contributed by atoms with E-state index in [1.807, 2.05) is 12.1 Å². The molecule has 1 aromatic heterocycles. The number of thiophene rings is 1. The molecule has 0 unspecified atom stereocenters. The van der Waals surface area contributed by atoms with E-state index in [0.29, 0.717) is 20.7 Å². The molecule has 0 saturated carbocycles. The smallest absolute Gasteiger partial charge is 0.258 e. The number of fused-ring (bicyclic) bond motifs is 3. The first kappa shape index (κ1) is 13.3. The van der Waals surface area contributed by atoms with Gasteiger partial charge in [-0.1, -0.05) is 11.6 Å². The molecule has 0 amide bonds. The van der Waals surface area contributed by atoms with Gasteiger partial charge in [0, 0.05) is 26.2 Å². The molecular formula is C14H4ClN3O2S. The van der Waals surface area contributed by atoms with E-state index in [0.717, 1.165) is 10.1 Å². The molecule has 2 aromatic carbocycles. The van der Waals surface area contributed by atoms with E-state index in [1.165, 1.54) is 23.5 Å². The number of benzene rings is 2.